The highest BCUT2D eigenvalue weighted by molar-refractivity contribution is 6.17. The molecular formula is C13H10ClNO3. The molecule has 0 aliphatic rings. The molecule has 0 aromatic heterocycles. The van der Waals surface area contributed by atoms with E-state index in [0.717, 1.165) is 5.56 Å². The number of nitro benzene ring substituents is 1. The summed E-state index contributed by atoms with van der Waals surface area (Å²) in [5, 5.41) is 10.6. The third-order valence-corrected chi connectivity index (χ3v) is 2.63. The maximum atomic E-state index is 10.6. The molecule has 4 nitrogen and oxygen atoms in total. The average molecular weight is 264 g/mol. The molecule has 0 saturated heterocycles. The van der Waals surface area contributed by atoms with E-state index in [1.54, 1.807) is 24.3 Å². The minimum Gasteiger partial charge on any atom is -0.457 e. The number of ether oxygens (including phenoxy) is 1. The highest BCUT2D eigenvalue weighted by Gasteiger charge is 2.07. The van der Waals surface area contributed by atoms with Crippen LogP contribution in [-0.4, -0.2) is 4.92 Å². The van der Waals surface area contributed by atoms with Gasteiger partial charge in [-0.3, -0.25) is 10.1 Å². The lowest BCUT2D eigenvalue weighted by Crippen LogP contribution is -1.90. The summed E-state index contributed by atoms with van der Waals surface area (Å²) in [7, 11) is 0. The monoisotopic (exact) mass is 263 g/mol. The minimum atomic E-state index is -0.456. The first kappa shape index (κ1) is 12.4. The smallest absolute Gasteiger partial charge is 0.273 e. The molecule has 0 fully saturated rings. The molecule has 0 heterocycles. The van der Waals surface area contributed by atoms with Crippen molar-refractivity contribution in [2.24, 2.45) is 0 Å². The molecule has 2 rings (SSSR count). The summed E-state index contributed by atoms with van der Waals surface area (Å²) in [6.07, 6.45) is 0. The lowest BCUT2D eigenvalue weighted by molar-refractivity contribution is -0.384. The second-order valence-electron chi connectivity index (χ2n) is 3.64. The number of nitrogens with zero attached hydrogens (tertiary/aromatic N) is 1. The van der Waals surface area contributed by atoms with Crippen molar-refractivity contribution in [3.8, 4) is 11.5 Å². The molecule has 0 bridgehead atoms. The number of nitro groups is 1. The zero-order valence-electron chi connectivity index (χ0n) is 9.38. The van der Waals surface area contributed by atoms with Crippen molar-refractivity contribution in [3.05, 3.63) is 64.2 Å². The fraction of sp³-hybridized carbons (Fsp3) is 0.0769. The van der Waals surface area contributed by atoms with Crippen molar-refractivity contribution >= 4 is 17.3 Å². The molecule has 0 aliphatic carbocycles. The van der Waals surface area contributed by atoms with Crippen LogP contribution in [0.15, 0.2) is 48.5 Å². The predicted molar refractivity (Wildman–Crippen MR) is 69.2 cm³/mol. The van der Waals surface area contributed by atoms with Gasteiger partial charge in [-0.2, -0.15) is 0 Å². The zero-order valence-corrected chi connectivity index (χ0v) is 10.1. The van der Waals surface area contributed by atoms with Gasteiger partial charge in [-0.25, -0.2) is 0 Å². The van der Waals surface area contributed by atoms with Gasteiger partial charge in [0.05, 0.1) is 11.0 Å². The van der Waals surface area contributed by atoms with E-state index in [-0.39, 0.29) is 5.69 Å². The molecular weight excluding hydrogens is 254 g/mol. The predicted octanol–water partition coefficient (Wildman–Crippen LogP) is 4.13. The summed E-state index contributed by atoms with van der Waals surface area (Å²) < 4.78 is 5.55. The first-order valence-corrected chi connectivity index (χ1v) is 5.80. The summed E-state index contributed by atoms with van der Waals surface area (Å²) in [4.78, 5) is 10.2. The molecule has 92 valence electrons. The van der Waals surface area contributed by atoms with Gasteiger partial charge in [0.15, 0.2) is 0 Å². The number of alkyl halides is 1. The van der Waals surface area contributed by atoms with E-state index in [1.807, 2.05) is 12.1 Å². The molecule has 5 heteroatoms. The van der Waals surface area contributed by atoms with E-state index in [0.29, 0.717) is 17.4 Å². The molecule has 18 heavy (non-hydrogen) atoms. The highest BCUT2D eigenvalue weighted by atomic mass is 35.5. The molecule has 2 aromatic carbocycles. The van der Waals surface area contributed by atoms with E-state index in [1.165, 1.54) is 12.1 Å². The summed E-state index contributed by atoms with van der Waals surface area (Å²) in [6.45, 7) is 0. The zero-order chi connectivity index (χ0) is 13.0. The van der Waals surface area contributed by atoms with Crippen LogP contribution in [0, 0.1) is 10.1 Å². The molecule has 0 N–H and O–H groups in total. The van der Waals surface area contributed by atoms with Crippen LogP contribution in [0.5, 0.6) is 11.5 Å². The second-order valence-corrected chi connectivity index (χ2v) is 3.90. The molecule has 0 unspecified atom stereocenters. The van der Waals surface area contributed by atoms with Crippen LogP contribution in [0.1, 0.15) is 5.56 Å². The van der Waals surface area contributed by atoms with Crippen molar-refractivity contribution in [3.63, 3.8) is 0 Å². The van der Waals surface area contributed by atoms with Gasteiger partial charge in [0.25, 0.3) is 5.69 Å². The van der Waals surface area contributed by atoms with E-state index in [9.17, 15) is 10.1 Å². The second kappa shape index (κ2) is 5.51. The number of hydrogen-bond acceptors (Lipinski definition) is 3. The van der Waals surface area contributed by atoms with Crippen LogP contribution < -0.4 is 4.74 Å². The number of hydrogen-bond donors (Lipinski definition) is 0. The van der Waals surface area contributed by atoms with Gasteiger partial charge in [0, 0.05) is 11.9 Å². The number of halogens is 1. The Labute approximate surface area is 109 Å². The van der Waals surface area contributed by atoms with E-state index >= 15 is 0 Å². The lowest BCUT2D eigenvalue weighted by atomic mass is 10.2. The van der Waals surface area contributed by atoms with Crippen molar-refractivity contribution in [1.29, 1.82) is 0 Å². The Morgan fingerprint density at radius 2 is 1.78 bits per heavy atom. The Balaban J connectivity index is 2.22. The Kier molecular flexibility index (Phi) is 3.79. The maximum absolute atomic E-state index is 10.6. The number of non-ortho nitro benzene ring substituents is 1. The quantitative estimate of drug-likeness (QED) is 0.473. The first-order chi connectivity index (χ1) is 8.69. The third-order valence-electron chi connectivity index (χ3n) is 2.32. The molecule has 0 amide bonds. The van der Waals surface area contributed by atoms with Gasteiger partial charge in [0.2, 0.25) is 0 Å². The van der Waals surface area contributed by atoms with Crippen LogP contribution in [-0.2, 0) is 5.88 Å². The SMILES string of the molecule is O=[N+]([O-])c1cccc(Oc2cccc(CCl)c2)c1. The van der Waals surface area contributed by atoms with Gasteiger partial charge in [-0.15, -0.1) is 11.6 Å². The van der Waals surface area contributed by atoms with Crippen molar-refractivity contribution in [2.45, 2.75) is 5.88 Å². The summed E-state index contributed by atoms with van der Waals surface area (Å²) >= 11 is 5.72. The minimum absolute atomic E-state index is 0.000924. The standard InChI is InChI=1S/C13H10ClNO3/c14-9-10-3-1-5-12(7-10)18-13-6-2-4-11(8-13)15(16)17/h1-8H,9H2. The summed E-state index contributed by atoms with van der Waals surface area (Å²) in [5.74, 6) is 1.43. The Bertz CT molecular complexity index is 572. The fourth-order valence-corrected chi connectivity index (χ4v) is 1.65. The van der Waals surface area contributed by atoms with Crippen LogP contribution in [0.4, 0.5) is 5.69 Å². The normalized spacial score (nSPS) is 10.1. The van der Waals surface area contributed by atoms with Crippen LogP contribution in [0.3, 0.4) is 0 Å². The van der Waals surface area contributed by atoms with Crippen LogP contribution >= 0.6 is 11.6 Å². The van der Waals surface area contributed by atoms with Gasteiger partial charge in [-0.05, 0) is 23.8 Å². The Hall–Kier alpha value is -2.07. The number of rotatable bonds is 4. The van der Waals surface area contributed by atoms with Crippen molar-refractivity contribution in [2.75, 3.05) is 0 Å². The van der Waals surface area contributed by atoms with Crippen LogP contribution in [0.2, 0.25) is 0 Å². The van der Waals surface area contributed by atoms with Gasteiger partial charge >= 0.3 is 0 Å². The fourth-order valence-electron chi connectivity index (χ4n) is 1.49. The summed E-state index contributed by atoms with van der Waals surface area (Å²) in [6, 6.07) is 13.3. The number of benzene rings is 2. The molecule has 0 saturated carbocycles. The molecule has 0 radical (unpaired) electrons. The van der Waals surface area contributed by atoms with Crippen molar-refractivity contribution in [1.82, 2.24) is 0 Å². The largest absolute Gasteiger partial charge is 0.457 e. The van der Waals surface area contributed by atoms with Crippen molar-refractivity contribution < 1.29 is 9.66 Å². The maximum Gasteiger partial charge on any atom is 0.273 e. The molecule has 0 aliphatic heterocycles. The Morgan fingerprint density at radius 1 is 1.11 bits per heavy atom. The average Bonchev–Trinajstić information content (AvgIpc) is 2.39. The van der Waals surface area contributed by atoms with Gasteiger partial charge in [0.1, 0.15) is 11.5 Å². The molecule has 0 atom stereocenters. The molecule has 0 spiro atoms. The van der Waals surface area contributed by atoms with E-state index < -0.39 is 4.92 Å². The van der Waals surface area contributed by atoms with E-state index in [2.05, 4.69) is 0 Å². The first-order valence-electron chi connectivity index (χ1n) is 5.26. The van der Waals surface area contributed by atoms with Crippen LogP contribution in [0.25, 0.3) is 0 Å². The molecule has 2 aromatic rings. The van der Waals surface area contributed by atoms with Gasteiger partial charge < -0.3 is 4.74 Å². The van der Waals surface area contributed by atoms with E-state index in [4.69, 9.17) is 16.3 Å². The topological polar surface area (TPSA) is 52.4 Å². The lowest BCUT2D eigenvalue weighted by Gasteiger charge is -2.06. The third kappa shape index (κ3) is 2.99. The summed E-state index contributed by atoms with van der Waals surface area (Å²) in [5.41, 5.74) is 0.931. The Morgan fingerprint density at radius 3 is 2.44 bits per heavy atom. The van der Waals surface area contributed by atoms with Gasteiger partial charge in [-0.1, -0.05) is 18.2 Å². The highest BCUT2D eigenvalue weighted by Crippen LogP contribution is 2.25.